The fraction of sp³-hybridized carbons (Fsp3) is 0.214. The Balaban J connectivity index is 2.17. The van der Waals surface area contributed by atoms with Crippen LogP contribution >= 0.6 is 0 Å². The molecule has 1 atom stereocenters. The molecule has 1 aromatic carbocycles. The maximum atomic E-state index is 13.1. The molecule has 18 heavy (non-hydrogen) atoms. The Morgan fingerprint density at radius 1 is 1.11 bits per heavy atom. The summed E-state index contributed by atoms with van der Waals surface area (Å²) in [6, 6.07) is 7.72. The molecule has 2 rings (SSSR count). The summed E-state index contributed by atoms with van der Waals surface area (Å²) < 4.78 is 25.9. The average Bonchev–Trinajstić information content (AvgIpc) is 2.38. The predicted molar refractivity (Wildman–Crippen MR) is 66.1 cm³/mol. The lowest BCUT2D eigenvalue weighted by atomic mass is 10.0. The SMILES string of the molecule is CNC(Cc1ccc(F)cc1)c1cncc(F)c1. The van der Waals surface area contributed by atoms with Crippen LogP contribution in [-0.2, 0) is 6.42 Å². The van der Waals surface area contributed by atoms with E-state index in [-0.39, 0.29) is 17.7 Å². The van der Waals surface area contributed by atoms with E-state index in [0.29, 0.717) is 6.42 Å². The van der Waals surface area contributed by atoms with Gasteiger partial charge in [0.2, 0.25) is 0 Å². The van der Waals surface area contributed by atoms with Gasteiger partial charge in [0.15, 0.2) is 0 Å². The summed E-state index contributed by atoms with van der Waals surface area (Å²) in [5.41, 5.74) is 1.77. The predicted octanol–water partition coefficient (Wildman–Crippen LogP) is 2.86. The first-order valence-corrected chi connectivity index (χ1v) is 5.71. The number of hydrogen-bond acceptors (Lipinski definition) is 2. The number of benzene rings is 1. The van der Waals surface area contributed by atoms with E-state index in [1.165, 1.54) is 24.4 Å². The molecule has 0 saturated carbocycles. The lowest BCUT2D eigenvalue weighted by molar-refractivity contribution is 0.570. The molecule has 0 bridgehead atoms. The van der Waals surface area contributed by atoms with Gasteiger partial charge in [-0.15, -0.1) is 0 Å². The van der Waals surface area contributed by atoms with E-state index >= 15 is 0 Å². The zero-order valence-corrected chi connectivity index (χ0v) is 10.0. The van der Waals surface area contributed by atoms with Crippen molar-refractivity contribution in [2.24, 2.45) is 0 Å². The minimum atomic E-state index is -0.355. The first-order valence-electron chi connectivity index (χ1n) is 5.71. The van der Waals surface area contributed by atoms with Crippen molar-refractivity contribution in [2.75, 3.05) is 7.05 Å². The maximum Gasteiger partial charge on any atom is 0.141 e. The molecular weight excluding hydrogens is 234 g/mol. The van der Waals surface area contributed by atoms with Crippen molar-refractivity contribution in [3.05, 3.63) is 65.5 Å². The second kappa shape index (κ2) is 5.69. The minimum Gasteiger partial charge on any atom is -0.313 e. The van der Waals surface area contributed by atoms with Crippen LogP contribution in [0.2, 0.25) is 0 Å². The number of hydrogen-bond donors (Lipinski definition) is 1. The molecule has 2 aromatic rings. The summed E-state index contributed by atoms with van der Waals surface area (Å²) in [7, 11) is 1.80. The molecule has 0 radical (unpaired) electrons. The molecule has 0 aliphatic carbocycles. The van der Waals surface area contributed by atoms with E-state index in [0.717, 1.165) is 11.1 Å². The zero-order valence-electron chi connectivity index (χ0n) is 10.0. The number of nitrogens with zero attached hydrogens (tertiary/aromatic N) is 1. The summed E-state index contributed by atoms with van der Waals surface area (Å²) in [4.78, 5) is 3.83. The van der Waals surface area contributed by atoms with Crippen molar-refractivity contribution in [1.82, 2.24) is 10.3 Å². The Morgan fingerprint density at radius 3 is 2.44 bits per heavy atom. The number of pyridine rings is 1. The van der Waals surface area contributed by atoms with Crippen LogP contribution in [0.4, 0.5) is 8.78 Å². The van der Waals surface area contributed by atoms with Gasteiger partial charge in [-0.1, -0.05) is 12.1 Å². The second-order valence-corrected chi connectivity index (χ2v) is 4.11. The Labute approximate surface area is 105 Å². The number of rotatable bonds is 4. The van der Waals surface area contributed by atoms with Crippen molar-refractivity contribution in [1.29, 1.82) is 0 Å². The molecule has 2 nitrogen and oxygen atoms in total. The third-order valence-corrected chi connectivity index (χ3v) is 2.83. The van der Waals surface area contributed by atoms with Crippen LogP contribution in [0.1, 0.15) is 17.2 Å². The van der Waals surface area contributed by atoms with Gasteiger partial charge in [-0.3, -0.25) is 4.98 Å². The Hall–Kier alpha value is -1.81. The summed E-state index contributed by atoms with van der Waals surface area (Å²) in [6.45, 7) is 0. The van der Waals surface area contributed by atoms with E-state index in [1.807, 2.05) is 0 Å². The number of aromatic nitrogens is 1. The van der Waals surface area contributed by atoms with E-state index in [9.17, 15) is 8.78 Å². The average molecular weight is 248 g/mol. The lowest BCUT2D eigenvalue weighted by Gasteiger charge is -2.16. The quantitative estimate of drug-likeness (QED) is 0.900. The third kappa shape index (κ3) is 3.11. The molecule has 1 unspecified atom stereocenters. The van der Waals surface area contributed by atoms with Gasteiger partial charge < -0.3 is 5.32 Å². The van der Waals surface area contributed by atoms with E-state index in [2.05, 4.69) is 10.3 Å². The summed E-state index contributed by atoms with van der Waals surface area (Å²) in [5.74, 6) is -0.612. The van der Waals surface area contributed by atoms with Gasteiger partial charge in [-0.05, 0) is 42.8 Å². The summed E-state index contributed by atoms with van der Waals surface area (Å²) in [6.07, 6.45) is 3.46. The molecule has 1 aromatic heterocycles. The van der Waals surface area contributed by atoms with Crippen LogP contribution in [0.25, 0.3) is 0 Å². The molecule has 94 valence electrons. The van der Waals surface area contributed by atoms with Gasteiger partial charge in [0, 0.05) is 12.2 Å². The molecule has 0 spiro atoms. The van der Waals surface area contributed by atoms with Crippen LogP contribution in [0.15, 0.2) is 42.7 Å². The number of likely N-dealkylation sites (N-methyl/N-ethyl adjacent to an activating group) is 1. The normalized spacial score (nSPS) is 12.4. The molecule has 0 aliphatic rings. The van der Waals surface area contributed by atoms with Crippen LogP contribution in [-0.4, -0.2) is 12.0 Å². The van der Waals surface area contributed by atoms with Crippen LogP contribution < -0.4 is 5.32 Å². The summed E-state index contributed by atoms with van der Waals surface area (Å²) >= 11 is 0. The monoisotopic (exact) mass is 248 g/mol. The van der Waals surface area contributed by atoms with Crippen molar-refractivity contribution in [3.8, 4) is 0 Å². The van der Waals surface area contributed by atoms with Gasteiger partial charge in [0.05, 0.1) is 6.20 Å². The van der Waals surface area contributed by atoms with E-state index in [1.54, 1.807) is 25.4 Å². The standard InChI is InChI=1S/C14H14F2N2/c1-17-14(11-7-13(16)9-18-8-11)6-10-2-4-12(15)5-3-10/h2-5,7-9,14,17H,6H2,1H3. The lowest BCUT2D eigenvalue weighted by Crippen LogP contribution is -2.19. The first-order chi connectivity index (χ1) is 8.69. The maximum absolute atomic E-state index is 13.1. The minimum absolute atomic E-state index is 0.0429. The molecule has 0 fully saturated rings. The van der Waals surface area contributed by atoms with Gasteiger partial charge in [0.1, 0.15) is 11.6 Å². The molecule has 0 aliphatic heterocycles. The third-order valence-electron chi connectivity index (χ3n) is 2.83. The highest BCUT2D eigenvalue weighted by Crippen LogP contribution is 2.18. The highest BCUT2D eigenvalue weighted by Gasteiger charge is 2.11. The van der Waals surface area contributed by atoms with Crippen molar-refractivity contribution in [3.63, 3.8) is 0 Å². The zero-order chi connectivity index (χ0) is 13.0. The topological polar surface area (TPSA) is 24.9 Å². The van der Waals surface area contributed by atoms with E-state index < -0.39 is 0 Å². The summed E-state index contributed by atoms with van der Waals surface area (Å²) in [5, 5.41) is 3.11. The van der Waals surface area contributed by atoms with Crippen molar-refractivity contribution >= 4 is 0 Å². The van der Waals surface area contributed by atoms with Crippen LogP contribution in [0.5, 0.6) is 0 Å². The molecule has 1 heterocycles. The van der Waals surface area contributed by atoms with Crippen molar-refractivity contribution in [2.45, 2.75) is 12.5 Å². The van der Waals surface area contributed by atoms with Gasteiger partial charge in [-0.2, -0.15) is 0 Å². The van der Waals surface area contributed by atoms with Crippen molar-refractivity contribution < 1.29 is 8.78 Å². The smallest absolute Gasteiger partial charge is 0.141 e. The Bertz CT molecular complexity index is 511. The van der Waals surface area contributed by atoms with Crippen LogP contribution in [0, 0.1) is 11.6 Å². The van der Waals surface area contributed by atoms with Gasteiger partial charge >= 0.3 is 0 Å². The highest BCUT2D eigenvalue weighted by molar-refractivity contribution is 5.22. The van der Waals surface area contributed by atoms with Gasteiger partial charge in [0.25, 0.3) is 0 Å². The Morgan fingerprint density at radius 2 is 1.83 bits per heavy atom. The second-order valence-electron chi connectivity index (χ2n) is 4.11. The highest BCUT2D eigenvalue weighted by atomic mass is 19.1. The largest absolute Gasteiger partial charge is 0.313 e. The number of nitrogens with one attached hydrogen (secondary N) is 1. The number of halogens is 2. The molecule has 4 heteroatoms. The molecule has 0 saturated heterocycles. The molecule has 0 amide bonds. The van der Waals surface area contributed by atoms with Crippen LogP contribution in [0.3, 0.4) is 0 Å². The fourth-order valence-electron chi connectivity index (χ4n) is 1.86. The fourth-order valence-corrected chi connectivity index (χ4v) is 1.86. The van der Waals surface area contributed by atoms with Gasteiger partial charge in [-0.25, -0.2) is 8.78 Å². The first kappa shape index (κ1) is 12.6. The van der Waals surface area contributed by atoms with E-state index in [4.69, 9.17) is 0 Å². The molecule has 1 N–H and O–H groups in total. The Kier molecular flexibility index (Phi) is 3.99. The molecular formula is C14H14F2N2.